The lowest BCUT2D eigenvalue weighted by Crippen LogP contribution is -2.42. The van der Waals surface area contributed by atoms with E-state index in [1.807, 2.05) is 0 Å². The summed E-state index contributed by atoms with van der Waals surface area (Å²) in [5.74, 6) is -0.768. The van der Waals surface area contributed by atoms with E-state index in [1.165, 1.54) is 18.6 Å². The Hall–Kier alpha value is -2.64. The van der Waals surface area contributed by atoms with Crippen LogP contribution in [0.4, 0.5) is 11.4 Å². The molecule has 0 saturated heterocycles. The number of ether oxygens (including phenoxy) is 1. The molecule has 1 aromatic carbocycles. The maximum atomic E-state index is 11.9. The molecule has 3 N–H and O–H groups in total. The summed E-state index contributed by atoms with van der Waals surface area (Å²) in [6, 6.07) is 3.73. The zero-order valence-electron chi connectivity index (χ0n) is 13.5. The Bertz CT molecular complexity index is 647. The number of nitrogens with zero attached hydrogens (tertiary/aromatic N) is 1. The van der Waals surface area contributed by atoms with Crippen LogP contribution in [0.1, 0.15) is 43.0 Å². The molecule has 0 aliphatic heterocycles. The van der Waals surface area contributed by atoms with Crippen molar-refractivity contribution in [3.63, 3.8) is 0 Å². The minimum atomic E-state index is -0.801. The topological polar surface area (TPSA) is 125 Å². The van der Waals surface area contributed by atoms with E-state index < -0.39 is 17.5 Å². The maximum Gasteiger partial charge on any atom is 0.338 e. The van der Waals surface area contributed by atoms with Crippen LogP contribution in [0.2, 0.25) is 0 Å². The Morgan fingerprint density at radius 2 is 2.08 bits per heavy atom. The predicted molar refractivity (Wildman–Crippen MR) is 87.4 cm³/mol. The summed E-state index contributed by atoms with van der Waals surface area (Å²) < 4.78 is 4.93. The molecule has 1 saturated carbocycles. The molecule has 130 valence electrons. The van der Waals surface area contributed by atoms with E-state index in [1.54, 1.807) is 0 Å². The van der Waals surface area contributed by atoms with Gasteiger partial charge in [-0.25, -0.2) is 4.79 Å². The van der Waals surface area contributed by atoms with E-state index in [4.69, 9.17) is 10.5 Å². The molecule has 2 atom stereocenters. The lowest BCUT2D eigenvalue weighted by atomic mass is 9.86. The van der Waals surface area contributed by atoms with Crippen molar-refractivity contribution >= 4 is 23.3 Å². The summed E-state index contributed by atoms with van der Waals surface area (Å²) in [6.45, 7) is 1.67. The maximum absolute atomic E-state index is 11.9. The van der Waals surface area contributed by atoms with Crippen molar-refractivity contribution < 1.29 is 19.2 Å². The van der Waals surface area contributed by atoms with Gasteiger partial charge in [-0.05, 0) is 30.9 Å². The molecule has 1 aliphatic rings. The number of esters is 1. The summed E-state index contributed by atoms with van der Waals surface area (Å²) in [5, 5.41) is 13.7. The van der Waals surface area contributed by atoms with Gasteiger partial charge < -0.3 is 15.8 Å². The van der Waals surface area contributed by atoms with Gasteiger partial charge in [0.1, 0.15) is 5.69 Å². The molecular formula is C16H21N3O5. The van der Waals surface area contributed by atoms with Gasteiger partial charge in [0.05, 0.1) is 10.5 Å². The number of hydrogen-bond donors (Lipinski definition) is 2. The zero-order chi connectivity index (χ0) is 17.7. The molecule has 0 unspecified atom stereocenters. The molecule has 0 radical (unpaired) electrons. The second kappa shape index (κ2) is 7.76. The number of benzene rings is 1. The highest BCUT2D eigenvalue weighted by molar-refractivity contribution is 5.92. The first-order chi connectivity index (χ1) is 11.4. The fraction of sp³-hybridized carbons (Fsp3) is 0.500. The van der Waals surface area contributed by atoms with E-state index >= 15 is 0 Å². The Labute approximate surface area is 139 Å². The average Bonchev–Trinajstić information content (AvgIpc) is 2.55. The number of hydrogen-bond acceptors (Lipinski definition) is 6. The average molecular weight is 335 g/mol. The number of nitro benzene ring substituents is 1. The van der Waals surface area contributed by atoms with E-state index in [2.05, 4.69) is 12.2 Å². The van der Waals surface area contributed by atoms with Crippen LogP contribution in [0.3, 0.4) is 0 Å². The highest BCUT2D eigenvalue weighted by Gasteiger charge is 2.23. The molecule has 1 aliphatic carbocycles. The van der Waals surface area contributed by atoms with E-state index in [0.29, 0.717) is 5.92 Å². The second-order valence-electron chi connectivity index (χ2n) is 6.04. The number of nitrogens with two attached hydrogens (primary N) is 1. The van der Waals surface area contributed by atoms with Crippen molar-refractivity contribution in [1.82, 2.24) is 5.32 Å². The Balaban J connectivity index is 1.89. The second-order valence-corrected chi connectivity index (χ2v) is 6.04. The van der Waals surface area contributed by atoms with Gasteiger partial charge in [0.25, 0.3) is 11.6 Å². The molecule has 0 bridgehead atoms. The van der Waals surface area contributed by atoms with E-state index in [9.17, 15) is 19.7 Å². The van der Waals surface area contributed by atoms with Gasteiger partial charge in [-0.15, -0.1) is 0 Å². The van der Waals surface area contributed by atoms with E-state index in [0.717, 1.165) is 25.3 Å². The largest absolute Gasteiger partial charge is 0.452 e. The molecule has 24 heavy (non-hydrogen) atoms. The SMILES string of the molecule is C[C@H]1CCCC[C@H]1NC(=O)COC(=O)c1ccc(N)c([N+](=O)[O-])c1. The standard InChI is InChI=1S/C16H21N3O5/c1-10-4-2-3-5-13(10)18-15(20)9-24-16(21)11-6-7-12(17)14(8-11)19(22)23/h6-8,10,13H,2-5,9,17H2,1H3,(H,18,20)/t10-,13+/m0/s1. The van der Waals surface area contributed by atoms with Crippen LogP contribution in [0.5, 0.6) is 0 Å². The number of carbonyl (C=O) groups excluding carboxylic acids is 2. The number of nitrogen functional groups attached to an aromatic ring is 1. The van der Waals surface area contributed by atoms with Crippen molar-refractivity contribution in [3.05, 3.63) is 33.9 Å². The number of rotatable bonds is 5. The molecule has 0 heterocycles. The van der Waals surface area contributed by atoms with Crippen molar-refractivity contribution in [3.8, 4) is 0 Å². The minimum Gasteiger partial charge on any atom is -0.452 e. The van der Waals surface area contributed by atoms with Crippen LogP contribution in [-0.2, 0) is 9.53 Å². The fourth-order valence-corrected chi connectivity index (χ4v) is 2.82. The van der Waals surface area contributed by atoms with Gasteiger partial charge in [-0.3, -0.25) is 14.9 Å². The van der Waals surface area contributed by atoms with Crippen LogP contribution >= 0.6 is 0 Å². The van der Waals surface area contributed by atoms with Gasteiger partial charge in [0.2, 0.25) is 0 Å². The summed E-state index contributed by atoms with van der Waals surface area (Å²) in [7, 11) is 0. The minimum absolute atomic E-state index is 0.0188. The van der Waals surface area contributed by atoms with Gasteiger partial charge >= 0.3 is 5.97 Å². The van der Waals surface area contributed by atoms with E-state index in [-0.39, 0.29) is 28.9 Å². The van der Waals surface area contributed by atoms with Crippen LogP contribution < -0.4 is 11.1 Å². The van der Waals surface area contributed by atoms with Crippen LogP contribution in [0.25, 0.3) is 0 Å². The van der Waals surface area contributed by atoms with Crippen LogP contribution in [0, 0.1) is 16.0 Å². The third-order valence-corrected chi connectivity index (χ3v) is 4.26. The number of nitro groups is 1. The van der Waals surface area contributed by atoms with Crippen molar-refractivity contribution in [2.75, 3.05) is 12.3 Å². The Kier molecular flexibility index (Phi) is 5.73. The fourth-order valence-electron chi connectivity index (χ4n) is 2.82. The number of amides is 1. The van der Waals surface area contributed by atoms with Crippen LogP contribution in [0.15, 0.2) is 18.2 Å². The molecule has 8 heteroatoms. The molecule has 2 rings (SSSR count). The van der Waals surface area contributed by atoms with Crippen molar-refractivity contribution in [1.29, 1.82) is 0 Å². The summed E-state index contributed by atoms with van der Waals surface area (Å²) in [6.07, 6.45) is 4.23. The summed E-state index contributed by atoms with van der Waals surface area (Å²) >= 11 is 0. The third-order valence-electron chi connectivity index (χ3n) is 4.26. The summed E-state index contributed by atoms with van der Waals surface area (Å²) in [5.41, 5.74) is 5.04. The van der Waals surface area contributed by atoms with Gasteiger partial charge in [0.15, 0.2) is 6.61 Å². The molecule has 0 aromatic heterocycles. The highest BCUT2D eigenvalue weighted by atomic mass is 16.6. The quantitative estimate of drug-likeness (QED) is 0.367. The van der Waals surface area contributed by atoms with Gasteiger partial charge in [0, 0.05) is 12.1 Å². The van der Waals surface area contributed by atoms with Crippen LogP contribution in [-0.4, -0.2) is 29.4 Å². The molecule has 8 nitrogen and oxygen atoms in total. The number of anilines is 1. The molecule has 0 spiro atoms. The lowest BCUT2D eigenvalue weighted by molar-refractivity contribution is -0.383. The smallest absolute Gasteiger partial charge is 0.338 e. The monoisotopic (exact) mass is 335 g/mol. The first-order valence-electron chi connectivity index (χ1n) is 7.89. The van der Waals surface area contributed by atoms with Crippen molar-refractivity contribution in [2.24, 2.45) is 5.92 Å². The lowest BCUT2D eigenvalue weighted by Gasteiger charge is -2.29. The normalized spacial score (nSPS) is 20.2. The Morgan fingerprint density at radius 3 is 2.75 bits per heavy atom. The van der Waals surface area contributed by atoms with Gasteiger partial charge in [-0.2, -0.15) is 0 Å². The predicted octanol–water partition coefficient (Wildman–Crippen LogP) is 2.03. The van der Waals surface area contributed by atoms with Gasteiger partial charge in [-0.1, -0.05) is 19.8 Å². The molecular weight excluding hydrogens is 314 g/mol. The third kappa shape index (κ3) is 4.43. The Morgan fingerprint density at radius 1 is 1.38 bits per heavy atom. The molecule has 1 aromatic rings. The molecule has 1 fully saturated rings. The first-order valence-corrected chi connectivity index (χ1v) is 7.89. The zero-order valence-corrected chi connectivity index (χ0v) is 13.5. The first kappa shape index (κ1) is 17.7. The van der Waals surface area contributed by atoms with Crippen molar-refractivity contribution in [2.45, 2.75) is 38.6 Å². The molecule has 1 amide bonds. The highest BCUT2D eigenvalue weighted by Crippen LogP contribution is 2.24. The number of nitrogens with one attached hydrogen (secondary N) is 1. The number of carbonyl (C=O) groups is 2. The summed E-state index contributed by atoms with van der Waals surface area (Å²) in [4.78, 5) is 34.0.